The first kappa shape index (κ1) is 17.0. The molecule has 0 saturated heterocycles. The van der Waals surface area contributed by atoms with Gasteiger partial charge in [0.2, 0.25) is 0 Å². The molecule has 18 heavy (non-hydrogen) atoms. The third kappa shape index (κ3) is 6.69. The molecule has 0 heterocycles. The third-order valence-electron chi connectivity index (χ3n) is 2.16. The van der Waals surface area contributed by atoms with Gasteiger partial charge in [0.05, 0.1) is 11.6 Å². The third-order valence-corrected chi connectivity index (χ3v) is 2.16. The molecule has 1 rings (SSSR count). The molecule has 0 aromatic heterocycles. The van der Waals surface area contributed by atoms with Crippen LogP contribution in [-0.4, -0.2) is 15.9 Å². The lowest BCUT2D eigenvalue weighted by atomic mass is 10.0. The Morgan fingerprint density at radius 1 is 1.39 bits per heavy atom. The van der Waals surface area contributed by atoms with Crippen LogP contribution < -0.4 is 5.48 Å². The Bertz CT molecular complexity index is 357. The first-order chi connectivity index (χ1) is 8.20. The first-order valence-corrected chi connectivity index (χ1v) is 6.07. The van der Waals surface area contributed by atoms with Crippen molar-refractivity contribution in [1.82, 2.24) is 5.48 Å². The lowest BCUT2D eigenvalue weighted by Crippen LogP contribution is -2.17. The minimum absolute atomic E-state index is 0. The topological polar surface area (TPSA) is 52.5 Å². The highest BCUT2D eigenvalue weighted by Gasteiger charge is 2.13. The highest BCUT2D eigenvalue weighted by Crippen LogP contribution is 2.21. The van der Waals surface area contributed by atoms with Gasteiger partial charge in [-0.2, -0.15) is 5.48 Å². The van der Waals surface area contributed by atoms with Crippen LogP contribution in [0, 0.1) is 12.7 Å². The van der Waals surface area contributed by atoms with E-state index >= 15 is 0 Å². The molecule has 0 saturated carbocycles. The predicted molar refractivity (Wildman–Crippen MR) is 73.2 cm³/mol. The zero-order chi connectivity index (χ0) is 14.3. The number of aliphatic hydroxyl groups is 1. The first-order valence-electron chi connectivity index (χ1n) is 6.07. The molecule has 1 atom stereocenters. The van der Waals surface area contributed by atoms with E-state index in [1.165, 1.54) is 0 Å². The van der Waals surface area contributed by atoms with Crippen LogP contribution in [0.4, 0.5) is 4.39 Å². The van der Waals surface area contributed by atoms with E-state index in [1.807, 2.05) is 6.92 Å². The van der Waals surface area contributed by atoms with Crippen molar-refractivity contribution in [2.24, 2.45) is 0 Å². The number of hydrogen-bond donors (Lipinski definition) is 3. The van der Waals surface area contributed by atoms with Crippen molar-refractivity contribution in [3.05, 3.63) is 35.1 Å². The van der Waals surface area contributed by atoms with Crippen LogP contribution in [0.1, 0.15) is 52.7 Å². The maximum Gasteiger partial charge on any atom is 0.130 e. The normalized spacial score (nSPS) is 12.7. The van der Waals surface area contributed by atoms with Crippen molar-refractivity contribution in [3.63, 3.8) is 0 Å². The smallest absolute Gasteiger partial charge is 0.130 e. The summed E-state index contributed by atoms with van der Waals surface area (Å²) in [4.78, 5) is 0. The number of hydroxylamine groups is 1. The molecule has 0 spiro atoms. The van der Waals surface area contributed by atoms with Gasteiger partial charge in [0.15, 0.2) is 0 Å². The van der Waals surface area contributed by atoms with E-state index < -0.39 is 5.60 Å². The molecule has 0 unspecified atom stereocenters. The molecule has 0 amide bonds. The maximum atomic E-state index is 13.5. The largest absolute Gasteiger partial charge is 0.391 e. The van der Waals surface area contributed by atoms with Gasteiger partial charge in [-0.1, -0.05) is 25.1 Å². The van der Waals surface area contributed by atoms with Gasteiger partial charge < -0.3 is 10.3 Å². The molecule has 1 aromatic rings. The number of rotatable bonds is 3. The summed E-state index contributed by atoms with van der Waals surface area (Å²) in [5.74, 6) is -0.240. The second-order valence-corrected chi connectivity index (χ2v) is 5.24. The van der Waals surface area contributed by atoms with Crippen LogP contribution in [0.15, 0.2) is 18.2 Å². The maximum absolute atomic E-state index is 13.5. The number of halogens is 1. The van der Waals surface area contributed by atoms with Crippen molar-refractivity contribution in [1.29, 1.82) is 0 Å². The van der Waals surface area contributed by atoms with Gasteiger partial charge in [-0.3, -0.25) is 0 Å². The van der Waals surface area contributed by atoms with Crippen LogP contribution in [0.25, 0.3) is 0 Å². The summed E-state index contributed by atoms with van der Waals surface area (Å²) < 4.78 is 13.5. The molecule has 0 aliphatic heterocycles. The van der Waals surface area contributed by atoms with Gasteiger partial charge in [-0.05, 0) is 39.7 Å². The Morgan fingerprint density at radius 2 is 1.89 bits per heavy atom. The minimum Gasteiger partial charge on any atom is -0.391 e. The second kappa shape index (κ2) is 7.46. The second-order valence-electron chi connectivity index (χ2n) is 5.24. The molecule has 0 aliphatic carbocycles. The van der Waals surface area contributed by atoms with E-state index in [0.29, 0.717) is 17.5 Å². The average molecular weight is 259 g/mol. The van der Waals surface area contributed by atoms with E-state index in [-0.39, 0.29) is 13.3 Å². The molecular weight excluding hydrogens is 233 g/mol. The monoisotopic (exact) mass is 259 g/mol. The molecule has 1 aromatic carbocycles. The fraction of sp³-hybridized carbons (Fsp3) is 0.571. The lowest BCUT2D eigenvalue weighted by Gasteiger charge is -2.14. The summed E-state index contributed by atoms with van der Waals surface area (Å²) in [6.07, 6.45) is 0.650. The number of hydrogen-bond acceptors (Lipinski definition) is 3. The highest BCUT2D eigenvalue weighted by molar-refractivity contribution is 5.27. The minimum atomic E-state index is -0.500. The van der Waals surface area contributed by atoms with E-state index in [9.17, 15) is 4.39 Å². The molecule has 4 heteroatoms. The van der Waals surface area contributed by atoms with Crippen LogP contribution >= 0.6 is 0 Å². The van der Waals surface area contributed by atoms with E-state index in [1.54, 1.807) is 45.9 Å². The van der Waals surface area contributed by atoms with Crippen LogP contribution in [-0.2, 0) is 0 Å². The molecule has 0 radical (unpaired) electrons. The van der Waals surface area contributed by atoms with Crippen molar-refractivity contribution >= 4 is 0 Å². The Hall–Kier alpha value is -0.970. The van der Waals surface area contributed by atoms with Crippen molar-refractivity contribution in [3.8, 4) is 0 Å². The Morgan fingerprint density at radius 3 is 2.28 bits per heavy atom. The standard InChI is InChI=1S/C10H14FNO.C4H10O.H2/c1-3-9(12-13)8-6-4-5-7(2)10(8)11;1-4(2,3)5;/h4-6,9,12-13H,3H2,1-2H3;5H,1-3H3;1H/t9-;;/m1../s1. The molecule has 3 N–H and O–H groups in total. The SMILES string of the molecule is CC(C)(C)O.CC[C@@H](NO)c1cccc(C)c1F.[HH]. The van der Waals surface area contributed by atoms with E-state index in [2.05, 4.69) is 5.48 Å². The van der Waals surface area contributed by atoms with Gasteiger partial charge in [0, 0.05) is 6.99 Å². The molecule has 3 nitrogen and oxygen atoms in total. The number of nitrogens with one attached hydrogen (secondary N) is 1. The number of aryl methyl sites for hydroxylation is 1. The van der Waals surface area contributed by atoms with Crippen LogP contribution in [0.5, 0.6) is 0 Å². The number of benzene rings is 1. The summed E-state index contributed by atoms with van der Waals surface area (Å²) in [6.45, 7) is 8.82. The van der Waals surface area contributed by atoms with E-state index in [0.717, 1.165) is 0 Å². The van der Waals surface area contributed by atoms with E-state index in [4.69, 9.17) is 10.3 Å². The zero-order valence-electron chi connectivity index (χ0n) is 11.8. The van der Waals surface area contributed by atoms with Crippen LogP contribution in [0.2, 0.25) is 0 Å². The summed E-state index contributed by atoms with van der Waals surface area (Å²) in [5, 5.41) is 17.3. The van der Waals surface area contributed by atoms with Crippen molar-refractivity contribution in [2.75, 3.05) is 0 Å². The zero-order valence-corrected chi connectivity index (χ0v) is 11.8. The Balaban J connectivity index is 0. The van der Waals surface area contributed by atoms with Crippen LogP contribution in [0.3, 0.4) is 0 Å². The lowest BCUT2D eigenvalue weighted by molar-refractivity contribution is 0.102. The summed E-state index contributed by atoms with van der Waals surface area (Å²) in [6, 6.07) is 4.86. The highest BCUT2D eigenvalue weighted by atomic mass is 19.1. The van der Waals surface area contributed by atoms with Gasteiger partial charge in [0.1, 0.15) is 5.82 Å². The van der Waals surface area contributed by atoms with Gasteiger partial charge in [0.25, 0.3) is 0 Å². The predicted octanol–water partition coefficient (Wildman–Crippen LogP) is 3.59. The van der Waals surface area contributed by atoms with Crippen molar-refractivity contribution in [2.45, 2.75) is 52.7 Å². The molecular formula is C14H26FNO2. The molecule has 0 aliphatic rings. The fourth-order valence-corrected chi connectivity index (χ4v) is 1.32. The van der Waals surface area contributed by atoms with Gasteiger partial charge in [-0.25, -0.2) is 4.39 Å². The summed E-state index contributed by atoms with van der Waals surface area (Å²) in [5.41, 5.74) is 2.72. The Kier molecular flexibility index (Phi) is 7.06. The van der Waals surface area contributed by atoms with Gasteiger partial charge >= 0.3 is 0 Å². The molecule has 0 bridgehead atoms. The summed E-state index contributed by atoms with van der Waals surface area (Å²) >= 11 is 0. The summed E-state index contributed by atoms with van der Waals surface area (Å²) in [7, 11) is 0. The average Bonchev–Trinajstić information content (AvgIpc) is 2.23. The van der Waals surface area contributed by atoms with Gasteiger partial charge in [-0.15, -0.1) is 0 Å². The fourth-order valence-electron chi connectivity index (χ4n) is 1.32. The van der Waals surface area contributed by atoms with Crippen molar-refractivity contribution < 1.29 is 16.1 Å². The Labute approximate surface area is 110 Å². The molecule has 106 valence electrons. The molecule has 0 fully saturated rings. The quantitative estimate of drug-likeness (QED) is 0.727.